The van der Waals surface area contributed by atoms with Gasteiger partial charge in [-0.1, -0.05) is 18.2 Å². The minimum Gasteiger partial charge on any atom is -0.379 e. The Hall–Kier alpha value is -3.10. The Labute approximate surface area is 181 Å². The monoisotopic (exact) mass is 417 g/mol. The topological polar surface area (TPSA) is 91.9 Å². The molecule has 0 radical (unpaired) electrons. The van der Waals surface area contributed by atoms with Gasteiger partial charge in [0.25, 0.3) is 0 Å². The van der Waals surface area contributed by atoms with E-state index in [1.165, 1.54) is 16.3 Å². The van der Waals surface area contributed by atoms with E-state index in [-0.39, 0.29) is 6.04 Å². The van der Waals surface area contributed by atoms with Gasteiger partial charge in [-0.15, -0.1) is 0 Å². The number of aryl methyl sites for hydroxylation is 1. The number of rotatable bonds is 6. The van der Waals surface area contributed by atoms with Crippen molar-refractivity contribution in [2.45, 2.75) is 26.3 Å². The first-order valence-corrected chi connectivity index (χ1v) is 10.8. The molecule has 1 atom stereocenters. The Morgan fingerprint density at radius 3 is 2.94 bits per heavy atom. The summed E-state index contributed by atoms with van der Waals surface area (Å²) in [5.41, 5.74) is 4.87. The molecule has 0 spiro atoms. The molecule has 0 unspecified atom stereocenters. The minimum atomic E-state index is -0.0261. The van der Waals surface area contributed by atoms with Gasteiger partial charge in [-0.3, -0.25) is 9.88 Å². The summed E-state index contributed by atoms with van der Waals surface area (Å²) in [5, 5.41) is 5.97. The van der Waals surface area contributed by atoms with Gasteiger partial charge in [-0.2, -0.15) is 0 Å². The number of hydrogen-bond acceptors (Lipinski definition) is 7. The number of aromatic nitrogens is 5. The second kappa shape index (κ2) is 8.56. The highest BCUT2D eigenvalue weighted by Gasteiger charge is 2.17. The van der Waals surface area contributed by atoms with Gasteiger partial charge in [0.1, 0.15) is 11.8 Å². The van der Waals surface area contributed by atoms with E-state index in [1.807, 2.05) is 0 Å². The van der Waals surface area contributed by atoms with E-state index in [0.29, 0.717) is 5.82 Å². The van der Waals surface area contributed by atoms with Crippen molar-refractivity contribution in [3.8, 4) is 0 Å². The van der Waals surface area contributed by atoms with E-state index in [4.69, 9.17) is 9.72 Å². The van der Waals surface area contributed by atoms with Crippen LogP contribution in [0.2, 0.25) is 0 Å². The second-order valence-electron chi connectivity index (χ2n) is 8.06. The number of nitrogens with one attached hydrogen (secondary N) is 2. The third-order valence-electron chi connectivity index (χ3n) is 5.94. The van der Waals surface area contributed by atoms with E-state index < -0.39 is 0 Å². The van der Waals surface area contributed by atoms with Crippen molar-refractivity contribution in [2.75, 3.05) is 38.2 Å². The molecule has 0 bridgehead atoms. The van der Waals surface area contributed by atoms with Crippen LogP contribution in [0.3, 0.4) is 0 Å². The zero-order chi connectivity index (χ0) is 21.2. The normalized spacial score (nSPS) is 16.1. The predicted octanol–water partition coefficient (Wildman–Crippen LogP) is 3.26. The Balaban J connectivity index is 1.46. The van der Waals surface area contributed by atoms with Crippen molar-refractivity contribution in [1.82, 2.24) is 29.8 Å². The van der Waals surface area contributed by atoms with Crippen molar-refractivity contribution < 1.29 is 4.74 Å². The summed E-state index contributed by atoms with van der Waals surface area (Å²) < 4.78 is 5.49. The van der Waals surface area contributed by atoms with Crippen LogP contribution in [-0.2, 0) is 11.2 Å². The molecule has 4 heterocycles. The van der Waals surface area contributed by atoms with Crippen LogP contribution in [0.4, 0.5) is 5.82 Å². The zero-order valence-corrected chi connectivity index (χ0v) is 17.9. The number of nitrogens with zero attached hydrogens (tertiary/aromatic N) is 5. The molecule has 1 aromatic carbocycles. The van der Waals surface area contributed by atoms with Crippen LogP contribution in [0, 0.1) is 6.92 Å². The minimum absolute atomic E-state index is 0.0261. The van der Waals surface area contributed by atoms with E-state index in [9.17, 15) is 0 Å². The number of morpholine rings is 1. The quantitative estimate of drug-likeness (QED) is 0.497. The average molecular weight is 418 g/mol. The van der Waals surface area contributed by atoms with Crippen LogP contribution < -0.4 is 5.32 Å². The highest BCUT2D eigenvalue weighted by Crippen LogP contribution is 2.27. The maximum absolute atomic E-state index is 5.49. The fourth-order valence-corrected chi connectivity index (χ4v) is 4.25. The number of H-pyrrole nitrogens is 1. The van der Waals surface area contributed by atoms with Gasteiger partial charge in [0.15, 0.2) is 11.5 Å². The molecule has 1 aliphatic rings. The Morgan fingerprint density at radius 1 is 1.19 bits per heavy atom. The Bertz CT molecular complexity index is 1200. The number of ether oxygens (including phenoxy) is 1. The SMILES string of the molecule is Cc1cccc2cc([C@H](C)Nc3ncnc4[nH]cnc34)nc(CCN3CCOCC3)c12. The van der Waals surface area contributed by atoms with Gasteiger partial charge in [0, 0.05) is 31.4 Å². The molecule has 1 fully saturated rings. The first kappa shape index (κ1) is 19.8. The summed E-state index contributed by atoms with van der Waals surface area (Å²) in [7, 11) is 0. The molecular formula is C23H27N7O. The van der Waals surface area contributed by atoms with Gasteiger partial charge < -0.3 is 15.0 Å². The largest absolute Gasteiger partial charge is 0.379 e. The van der Waals surface area contributed by atoms with Crippen LogP contribution in [-0.4, -0.2) is 62.7 Å². The van der Waals surface area contributed by atoms with Crippen LogP contribution >= 0.6 is 0 Å². The molecule has 31 heavy (non-hydrogen) atoms. The van der Waals surface area contributed by atoms with Crippen LogP contribution in [0.5, 0.6) is 0 Å². The average Bonchev–Trinajstić information content (AvgIpc) is 3.28. The Morgan fingerprint density at radius 2 is 2.06 bits per heavy atom. The molecule has 2 N–H and O–H groups in total. The highest BCUT2D eigenvalue weighted by atomic mass is 16.5. The molecule has 8 heteroatoms. The van der Waals surface area contributed by atoms with Gasteiger partial charge in [-0.25, -0.2) is 15.0 Å². The van der Waals surface area contributed by atoms with Crippen molar-refractivity contribution in [3.63, 3.8) is 0 Å². The molecule has 4 aromatic rings. The Kier molecular flexibility index (Phi) is 5.48. The second-order valence-corrected chi connectivity index (χ2v) is 8.06. The maximum atomic E-state index is 5.49. The third kappa shape index (κ3) is 4.08. The van der Waals surface area contributed by atoms with Gasteiger partial charge in [0.2, 0.25) is 0 Å². The maximum Gasteiger partial charge on any atom is 0.162 e. The van der Waals surface area contributed by atoms with Crippen LogP contribution in [0.25, 0.3) is 21.9 Å². The molecule has 1 aliphatic heterocycles. The number of aromatic amines is 1. The number of benzene rings is 1. The number of fused-ring (bicyclic) bond motifs is 2. The lowest BCUT2D eigenvalue weighted by Gasteiger charge is -2.26. The first-order chi connectivity index (χ1) is 15.2. The number of anilines is 1. The van der Waals surface area contributed by atoms with Crippen molar-refractivity contribution >= 4 is 27.8 Å². The number of hydrogen-bond donors (Lipinski definition) is 2. The summed E-state index contributed by atoms with van der Waals surface area (Å²) in [6, 6.07) is 8.61. The summed E-state index contributed by atoms with van der Waals surface area (Å²) in [4.78, 5) is 23.6. The van der Waals surface area contributed by atoms with E-state index in [2.05, 4.69) is 68.3 Å². The fourth-order valence-electron chi connectivity index (χ4n) is 4.25. The van der Waals surface area contributed by atoms with Gasteiger partial charge in [-0.05, 0) is 30.9 Å². The molecule has 5 rings (SSSR count). The van der Waals surface area contributed by atoms with Gasteiger partial charge in [0.05, 0.1) is 37.0 Å². The lowest BCUT2D eigenvalue weighted by molar-refractivity contribution is 0.0384. The first-order valence-electron chi connectivity index (χ1n) is 10.8. The smallest absolute Gasteiger partial charge is 0.162 e. The lowest BCUT2D eigenvalue weighted by Crippen LogP contribution is -2.37. The van der Waals surface area contributed by atoms with Crippen LogP contribution in [0.1, 0.15) is 29.9 Å². The van der Waals surface area contributed by atoms with Crippen molar-refractivity contribution in [3.05, 3.63) is 53.9 Å². The van der Waals surface area contributed by atoms with E-state index >= 15 is 0 Å². The standard InChI is InChI=1S/C23H27N7O/c1-15-4-3-5-17-12-19(16(2)28-23-21-22(25-13-24-21)26-14-27-23)29-18(20(15)17)6-7-30-8-10-31-11-9-30/h3-5,12-14,16H,6-11H2,1-2H3,(H2,24,25,26,27,28)/t16-/m0/s1. The molecule has 8 nitrogen and oxygen atoms in total. The van der Waals surface area contributed by atoms with Crippen molar-refractivity contribution in [2.24, 2.45) is 0 Å². The van der Waals surface area contributed by atoms with Crippen molar-refractivity contribution in [1.29, 1.82) is 0 Å². The molecule has 160 valence electrons. The fraction of sp³-hybridized carbons (Fsp3) is 0.391. The molecule has 0 amide bonds. The van der Waals surface area contributed by atoms with Gasteiger partial charge >= 0.3 is 0 Å². The molecule has 0 aliphatic carbocycles. The van der Waals surface area contributed by atoms with E-state index in [1.54, 1.807) is 12.7 Å². The third-order valence-corrected chi connectivity index (χ3v) is 5.94. The summed E-state index contributed by atoms with van der Waals surface area (Å²) >= 11 is 0. The molecule has 3 aromatic heterocycles. The number of pyridine rings is 1. The number of imidazole rings is 1. The predicted molar refractivity (Wildman–Crippen MR) is 121 cm³/mol. The summed E-state index contributed by atoms with van der Waals surface area (Å²) in [5.74, 6) is 0.708. The van der Waals surface area contributed by atoms with E-state index in [0.717, 1.165) is 61.8 Å². The molecule has 1 saturated heterocycles. The molecular weight excluding hydrogens is 390 g/mol. The zero-order valence-electron chi connectivity index (χ0n) is 17.9. The summed E-state index contributed by atoms with van der Waals surface area (Å²) in [6.07, 6.45) is 4.09. The van der Waals surface area contributed by atoms with Crippen LogP contribution in [0.15, 0.2) is 36.9 Å². The summed E-state index contributed by atoms with van der Waals surface area (Å²) in [6.45, 7) is 8.87. The lowest BCUT2D eigenvalue weighted by atomic mass is 10.00. The molecule has 0 saturated carbocycles. The highest BCUT2D eigenvalue weighted by molar-refractivity contribution is 5.88.